The maximum absolute atomic E-state index is 12.4. The molecule has 0 amide bonds. The highest BCUT2D eigenvalue weighted by Crippen LogP contribution is 2.40. The molecule has 0 spiro atoms. The van der Waals surface area contributed by atoms with Gasteiger partial charge in [0.25, 0.3) is 0 Å². The lowest BCUT2D eigenvalue weighted by atomic mass is 9.66. The molecule has 1 aliphatic rings. The van der Waals surface area contributed by atoms with Crippen molar-refractivity contribution in [2.75, 3.05) is 0 Å². The molecule has 0 aliphatic heterocycles. The van der Waals surface area contributed by atoms with Gasteiger partial charge in [0.05, 0.1) is 5.69 Å². The molecule has 1 saturated carbocycles. The molecule has 2 unspecified atom stereocenters. The summed E-state index contributed by atoms with van der Waals surface area (Å²) in [5, 5.41) is 4.52. The first-order valence-electron chi connectivity index (χ1n) is 7.88. The summed E-state index contributed by atoms with van der Waals surface area (Å²) in [5.74, 6) is 1.24. The highest BCUT2D eigenvalue weighted by atomic mass is 16.1. The Labute approximate surface area is 122 Å². The normalized spacial score (nSPS) is 24.1. The van der Waals surface area contributed by atoms with Crippen LogP contribution in [0.1, 0.15) is 58.3 Å². The van der Waals surface area contributed by atoms with Crippen molar-refractivity contribution >= 4 is 5.78 Å². The quantitative estimate of drug-likeness (QED) is 0.843. The van der Waals surface area contributed by atoms with Crippen LogP contribution in [0.5, 0.6) is 0 Å². The van der Waals surface area contributed by atoms with E-state index < -0.39 is 0 Å². The lowest BCUT2D eigenvalue weighted by Gasteiger charge is -2.37. The number of hydrogen-bond donors (Lipinski definition) is 0. The van der Waals surface area contributed by atoms with Gasteiger partial charge in [-0.2, -0.15) is 5.10 Å². The van der Waals surface area contributed by atoms with Gasteiger partial charge in [0, 0.05) is 25.1 Å². The predicted molar refractivity (Wildman–Crippen MR) is 81.6 cm³/mol. The Bertz CT molecular complexity index is 487. The average Bonchev–Trinajstić information content (AvgIpc) is 2.69. The van der Waals surface area contributed by atoms with E-state index in [1.807, 2.05) is 11.7 Å². The number of ketones is 1. The molecule has 1 heterocycles. The van der Waals surface area contributed by atoms with E-state index in [4.69, 9.17) is 0 Å². The van der Waals surface area contributed by atoms with Crippen LogP contribution in [0.15, 0.2) is 6.07 Å². The van der Waals surface area contributed by atoms with Gasteiger partial charge in [0.1, 0.15) is 5.78 Å². The summed E-state index contributed by atoms with van der Waals surface area (Å²) in [6.45, 7) is 8.80. The van der Waals surface area contributed by atoms with E-state index >= 15 is 0 Å². The molecule has 1 fully saturated rings. The second-order valence-corrected chi connectivity index (χ2v) is 7.18. The van der Waals surface area contributed by atoms with Crippen LogP contribution >= 0.6 is 0 Å². The van der Waals surface area contributed by atoms with Gasteiger partial charge in [-0.15, -0.1) is 0 Å². The molecular weight excluding hydrogens is 248 g/mol. The summed E-state index contributed by atoms with van der Waals surface area (Å²) in [4.78, 5) is 12.4. The predicted octanol–water partition coefficient (Wildman–Crippen LogP) is 3.56. The minimum absolute atomic E-state index is 0.0238. The largest absolute Gasteiger partial charge is 0.299 e. The number of rotatable bonds is 4. The van der Waals surface area contributed by atoms with Crippen molar-refractivity contribution in [3.8, 4) is 0 Å². The zero-order valence-corrected chi connectivity index (χ0v) is 13.6. The number of Topliss-reactive ketones (excluding diaryl/α,β-unsaturated/α-hetero) is 1. The third kappa shape index (κ3) is 3.13. The van der Waals surface area contributed by atoms with Gasteiger partial charge in [-0.1, -0.05) is 27.7 Å². The van der Waals surface area contributed by atoms with Crippen molar-refractivity contribution in [1.82, 2.24) is 9.78 Å². The van der Waals surface area contributed by atoms with Gasteiger partial charge in [0.15, 0.2) is 0 Å². The maximum atomic E-state index is 12.4. The van der Waals surface area contributed by atoms with Crippen LogP contribution < -0.4 is 0 Å². The van der Waals surface area contributed by atoms with Crippen molar-refractivity contribution in [2.24, 2.45) is 24.3 Å². The highest BCUT2D eigenvalue weighted by Gasteiger charge is 2.38. The van der Waals surface area contributed by atoms with E-state index in [1.165, 1.54) is 12.1 Å². The van der Waals surface area contributed by atoms with Crippen LogP contribution in [-0.4, -0.2) is 15.6 Å². The number of nitrogens with zero attached hydrogens (tertiary/aromatic N) is 2. The number of aryl methyl sites for hydroxylation is 2. The van der Waals surface area contributed by atoms with Gasteiger partial charge < -0.3 is 0 Å². The van der Waals surface area contributed by atoms with Crippen molar-refractivity contribution in [1.29, 1.82) is 0 Å². The molecular formula is C17H28N2O. The van der Waals surface area contributed by atoms with Gasteiger partial charge in [-0.25, -0.2) is 0 Å². The smallest absolute Gasteiger partial charge is 0.136 e. The molecule has 0 aromatic carbocycles. The Morgan fingerprint density at radius 3 is 2.65 bits per heavy atom. The standard InChI is InChI=1S/C17H28N2O/c1-6-13-10-14(19(5)18-13)11-17(3,4)15-8-7-12(2)9-16(15)20/h10,12,15H,6-9,11H2,1-5H3. The van der Waals surface area contributed by atoms with E-state index in [2.05, 4.69) is 38.9 Å². The summed E-state index contributed by atoms with van der Waals surface area (Å²) in [7, 11) is 2.01. The molecule has 1 aromatic heterocycles. The maximum Gasteiger partial charge on any atom is 0.136 e. The van der Waals surface area contributed by atoms with Crippen LogP contribution in [0.3, 0.4) is 0 Å². The Balaban J connectivity index is 2.13. The summed E-state index contributed by atoms with van der Waals surface area (Å²) in [6, 6.07) is 2.19. The summed E-state index contributed by atoms with van der Waals surface area (Å²) < 4.78 is 1.98. The van der Waals surface area contributed by atoms with E-state index in [0.29, 0.717) is 11.7 Å². The van der Waals surface area contributed by atoms with Crippen molar-refractivity contribution in [3.63, 3.8) is 0 Å². The Kier molecular flexibility index (Phi) is 4.36. The second kappa shape index (κ2) is 5.71. The summed E-state index contributed by atoms with van der Waals surface area (Å²) in [6.07, 6.45) is 4.89. The zero-order valence-electron chi connectivity index (χ0n) is 13.6. The van der Waals surface area contributed by atoms with Gasteiger partial charge in [-0.3, -0.25) is 9.48 Å². The zero-order chi connectivity index (χ0) is 14.9. The van der Waals surface area contributed by atoms with Crippen LogP contribution in [-0.2, 0) is 24.7 Å². The molecule has 20 heavy (non-hydrogen) atoms. The Morgan fingerprint density at radius 2 is 2.10 bits per heavy atom. The number of aromatic nitrogens is 2. The first-order valence-corrected chi connectivity index (χ1v) is 7.88. The molecule has 0 bridgehead atoms. The molecule has 3 nitrogen and oxygen atoms in total. The number of hydrogen-bond acceptors (Lipinski definition) is 2. The highest BCUT2D eigenvalue weighted by molar-refractivity contribution is 5.82. The molecule has 0 saturated heterocycles. The first kappa shape index (κ1) is 15.3. The van der Waals surface area contributed by atoms with Gasteiger partial charge in [-0.05, 0) is 43.1 Å². The van der Waals surface area contributed by atoms with Gasteiger partial charge >= 0.3 is 0 Å². The molecule has 2 rings (SSSR count). The van der Waals surface area contributed by atoms with E-state index in [0.717, 1.165) is 31.4 Å². The Morgan fingerprint density at radius 1 is 1.40 bits per heavy atom. The summed E-state index contributed by atoms with van der Waals surface area (Å²) >= 11 is 0. The molecule has 112 valence electrons. The second-order valence-electron chi connectivity index (χ2n) is 7.18. The Hall–Kier alpha value is -1.12. The van der Waals surface area contributed by atoms with Crippen LogP contribution in [0.2, 0.25) is 0 Å². The average molecular weight is 276 g/mol. The number of carbonyl (C=O) groups is 1. The van der Waals surface area contributed by atoms with Crippen molar-refractivity contribution < 1.29 is 4.79 Å². The molecule has 0 radical (unpaired) electrons. The molecule has 1 aromatic rings. The van der Waals surface area contributed by atoms with E-state index in [1.54, 1.807) is 0 Å². The lowest BCUT2D eigenvalue weighted by Crippen LogP contribution is -2.37. The lowest BCUT2D eigenvalue weighted by molar-refractivity contribution is -0.129. The third-order valence-corrected chi connectivity index (χ3v) is 4.86. The SMILES string of the molecule is CCc1cc(CC(C)(C)C2CCC(C)CC2=O)n(C)n1. The molecule has 2 atom stereocenters. The topological polar surface area (TPSA) is 34.9 Å². The van der Waals surface area contributed by atoms with Crippen LogP contribution in [0.4, 0.5) is 0 Å². The fraction of sp³-hybridized carbons (Fsp3) is 0.765. The fourth-order valence-electron chi connectivity index (χ4n) is 3.53. The van der Waals surface area contributed by atoms with E-state index in [9.17, 15) is 4.79 Å². The minimum atomic E-state index is 0.0238. The monoisotopic (exact) mass is 276 g/mol. The van der Waals surface area contributed by atoms with Crippen LogP contribution in [0, 0.1) is 17.3 Å². The molecule has 0 N–H and O–H groups in total. The fourth-order valence-corrected chi connectivity index (χ4v) is 3.53. The van der Waals surface area contributed by atoms with Gasteiger partial charge in [0.2, 0.25) is 0 Å². The van der Waals surface area contributed by atoms with Crippen molar-refractivity contribution in [2.45, 2.75) is 59.8 Å². The van der Waals surface area contributed by atoms with Crippen molar-refractivity contribution in [3.05, 3.63) is 17.5 Å². The minimum Gasteiger partial charge on any atom is -0.299 e. The first-order chi connectivity index (χ1) is 9.33. The number of carbonyl (C=O) groups excluding carboxylic acids is 1. The van der Waals surface area contributed by atoms with E-state index in [-0.39, 0.29) is 11.3 Å². The molecule has 1 aliphatic carbocycles. The summed E-state index contributed by atoms with van der Waals surface area (Å²) in [5.41, 5.74) is 2.41. The van der Waals surface area contributed by atoms with Crippen LogP contribution in [0.25, 0.3) is 0 Å². The molecule has 3 heteroatoms. The third-order valence-electron chi connectivity index (χ3n) is 4.86.